The summed E-state index contributed by atoms with van der Waals surface area (Å²) in [7, 11) is 0. The molecule has 3 unspecified atom stereocenters. The lowest BCUT2D eigenvalue weighted by atomic mass is 9.86. The summed E-state index contributed by atoms with van der Waals surface area (Å²) in [6.45, 7) is 0. The summed E-state index contributed by atoms with van der Waals surface area (Å²) < 4.78 is 0. The van der Waals surface area contributed by atoms with Crippen LogP contribution in [-0.2, 0) is 6.42 Å². The Kier molecular flexibility index (Phi) is 2.19. The number of nitrogens with two attached hydrogens (primary N) is 1. The molecule has 0 amide bonds. The maximum absolute atomic E-state index is 11.2. The van der Waals surface area contributed by atoms with Gasteiger partial charge in [0.25, 0.3) is 0 Å². The molecule has 1 aromatic heterocycles. The molecule has 3 atom stereocenters. The van der Waals surface area contributed by atoms with Gasteiger partial charge in [0.2, 0.25) is 5.95 Å². The van der Waals surface area contributed by atoms with Crippen molar-refractivity contribution in [1.82, 2.24) is 15.0 Å². The molecular weight excluding hydrogens is 204 g/mol. The Bertz CT molecular complexity index is 456. The normalized spacial score (nSPS) is 32.1. The van der Waals surface area contributed by atoms with Gasteiger partial charge in [-0.25, -0.2) is 4.79 Å². The van der Waals surface area contributed by atoms with Crippen molar-refractivity contribution in [1.29, 1.82) is 0 Å². The molecule has 2 bridgehead atoms. The molecule has 3 rings (SSSR count). The van der Waals surface area contributed by atoms with Gasteiger partial charge >= 0.3 is 5.69 Å². The van der Waals surface area contributed by atoms with Crippen LogP contribution in [0.1, 0.15) is 31.5 Å². The van der Waals surface area contributed by atoms with Gasteiger partial charge in [0.1, 0.15) is 5.82 Å². The topological polar surface area (TPSA) is 84.7 Å². The molecule has 2 fully saturated rings. The molecule has 0 saturated heterocycles. The zero-order chi connectivity index (χ0) is 11.1. The Hall–Kier alpha value is -1.39. The minimum atomic E-state index is -0.384. The van der Waals surface area contributed by atoms with Gasteiger partial charge in [0, 0.05) is 6.42 Å². The predicted octanol–water partition coefficient (Wildman–Crippen LogP) is 0.726. The van der Waals surface area contributed by atoms with E-state index >= 15 is 0 Å². The van der Waals surface area contributed by atoms with E-state index in [0.717, 1.165) is 18.3 Å². The monoisotopic (exact) mass is 220 g/mol. The third kappa shape index (κ3) is 1.70. The number of nitrogen functional groups attached to an aromatic ring is 1. The van der Waals surface area contributed by atoms with E-state index in [4.69, 9.17) is 5.73 Å². The van der Waals surface area contributed by atoms with Crippen LogP contribution in [0.15, 0.2) is 4.79 Å². The number of anilines is 1. The molecule has 3 N–H and O–H groups in total. The van der Waals surface area contributed by atoms with Crippen molar-refractivity contribution >= 4 is 5.95 Å². The van der Waals surface area contributed by atoms with Gasteiger partial charge in [0.15, 0.2) is 0 Å². The molecule has 0 radical (unpaired) electrons. The molecule has 16 heavy (non-hydrogen) atoms. The van der Waals surface area contributed by atoms with Crippen LogP contribution in [-0.4, -0.2) is 15.0 Å². The van der Waals surface area contributed by atoms with Crippen LogP contribution < -0.4 is 11.4 Å². The van der Waals surface area contributed by atoms with E-state index in [1.165, 1.54) is 25.7 Å². The van der Waals surface area contributed by atoms with Crippen LogP contribution >= 0.6 is 0 Å². The summed E-state index contributed by atoms with van der Waals surface area (Å²) >= 11 is 0. The fourth-order valence-corrected chi connectivity index (χ4v) is 3.42. The van der Waals surface area contributed by atoms with E-state index in [1.807, 2.05) is 0 Å². The van der Waals surface area contributed by atoms with Gasteiger partial charge < -0.3 is 5.73 Å². The number of aromatic nitrogens is 3. The number of hydrogen-bond acceptors (Lipinski definition) is 4. The summed E-state index contributed by atoms with van der Waals surface area (Å²) in [5.74, 6) is 3.23. The smallest absolute Gasteiger partial charge is 0.349 e. The second-order valence-corrected chi connectivity index (χ2v) is 5.10. The summed E-state index contributed by atoms with van der Waals surface area (Å²) in [5, 5.41) is 0. The lowest BCUT2D eigenvalue weighted by Crippen LogP contribution is -2.21. The molecule has 1 heterocycles. The van der Waals surface area contributed by atoms with Crippen LogP contribution in [0.2, 0.25) is 0 Å². The molecule has 0 aromatic carbocycles. The maximum Gasteiger partial charge on any atom is 0.349 e. The van der Waals surface area contributed by atoms with E-state index in [2.05, 4.69) is 15.0 Å². The van der Waals surface area contributed by atoms with Crippen LogP contribution in [0.25, 0.3) is 0 Å². The van der Waals surface area contributed by atoms with E-state index in [1.54, 1.807) is 0 Å². The van der Waals surface area contributed by atoms with Crippen molar-refractivity contribution < 1.29 is 0 Å². The fraction of sp³-hybridized carbons (Fsp3) is 0.727. The molecule has 2 aliphatic rings. The van der Waals surface area contributed by atoms with Crippen LogP contribution in [0.5, 0.6) is 0 Å². The first kappa shape index (κ1) is 9.81. The van der Waals surface area contributed by atoms with Gasteiger partial charge in [-0.05, 0) is 37.0 Å². The number of nitrogens with one attached hydrogen (secondary N) is 1. The molecule has 2 aliphatic carbocycles. The predicted molar refractivity (Wildman–Crippen MR) is 59.7 cm³/mol. The first-order valence-electron chi connectivity index (χ1n) is 5.93. The Labute approximate surface area is 93.5 Å². The highest BCUT2D eigenvalue weighted by molar-refractivity contribution is 5.13. The van der Waals surface area contributed by atoms with E-state index in [9.17, 15) is 4.79 Å². The molecule has 2 saturated carbocycles. The average Bonchev–Trinajstić information content (AvgIpc) is 2.77. The molecule has 86 valence electrons. The Balaban J connectivity index is 1.77. The number of H-pyrrole nitrogens is 1. The minimum absolute atomic E-state index is 0.0851. The molecule has 5 nitrogen and oxygen atoms in total. The van der Waals surface area contributed by atoms with Gasteiger partial charge in [-0.15, -0.1) is 0 Å². The van der Waals surface area contributed by atoms with Crippen molar-refractivity contribution in [3.05, 3.63) is 16.3 Å². The van der Waals surface area contributed by atoms with Crippen LogP contribution in [0.3, 0.4) is 0 Å². The third-order valence-corrected chi connectivity index (χ3v) is 4.06. The zero-order valence-corrected chi connectivity index (χ0v) is 9.15. The van der Waals surface area contributed by atoms with E-state index in [0.29, 0.717) is 11.7 Å². The van der Waals surface area contributed by atoms with E-state index in [-0.39, 0.29) is 11.6 Å². The summed E-state index contributed by atoms with van der Waals surface area (Å²) in [5.41, 5.74) is 5.08. The first-order chi connectivity index (χ1) is 7.70. The number of nitrogens with zero attached hydrogens (tertiary/aromatic N) is 2. The second kappa shape index (κ2) is 3.57. The number of rotatable bonds is 2. The molecular formula is C11H16N4O. The lowest BCUT2D eigenvalue weighted by Gasteiger charge is -2.20. The zero-order valence-electron chi connectivity index (χ0n) is 9.15. The highest BCUT2D eigenvalue weighted by atomic mass is 16.1. The minimum Gasteiger partial charge on any atom is -0.368 e. The third-order valence-electron chi connectivity index (χ3n) is 4.06. The fourth-order valence-electron chi connectivity index (χ4n) is 3.42. The van der Waals surface area contributed by atoms with Crippen molar-refractivity contribution in [3.63, 3.8) is 0 Å². The molecule has 0 aliphatic heterocycles. The van der Waals surface area contributed by atoms with Crippen LogP contribution in [0.4, 0.5) is 5.95 Å². The largest absolute Gasteiger partial charge is 0.368 e. The first-order valence-corrected chi connectivity index (χ1v) is 5.93. The lowest BCUT2D eigenvalue weighted by molar-refractivity contribution is 0.326. The SMILES string of the molecule is Nc1nc(CC2CC3CCC2C3)[nH]c(=O)n1. The Morgan fingerprint density at radius 1 is 1.31 bits per heavy atom. The van der Waals surface area contributed by atoms with Crippen molar-refractivity contribution in [3.8, 4) is 0 Å². The maximum atomic E-state index is 11.2. The average molecular weight is 220 g/mol. The number of hydrogen-bond donors (Lipinski definition) is 2. The molecule has 5 heteroatoms. The molecule has 0 spiro atoms. The van der Waals surface area contributed by atoms with Crippen molar-refractivity contribution in [2.45, 2.75) is 32.1 Å². The van der Waals surface area contributed by atoms with E-state index < -0.39 is 0 Å². The standard InChI is InChI=1S/C11H16N4O/c12-10-13-9(14-11(16)15-10)5-8-4-6-1-2-7(8)3-6/h6-8H,1-5H2,(H3,12,13,14,15,16). The Morgan fingerprint density at radius 2 is 2.19 bits per heavy atom. The van der Waals surface area contributed by atoms with Crippen molar-refractivity contribution in [2.24, 2.45) is 17.8 Å². The Morgan fingerprint density at radius 3 is 2.81 bits per heavy atom. The quantitative estimate of drug-likeness (QED) is 0.769. The van der Waals surface area contributed by atoms with Gasteiger partial charge in [-0.2, -0.15) is 9.97 Å². The second-order valence-electron chi connectivity index (χ2n) is 5.10. The summed E-state index contributed by atoms with van der Waals surface area (Å²) in [6, 6.07) is 0. The highest BCUT2D eigenvalue weighted by Crippen LogP contribution is 2.49. The highest BCUT2D eigenvalue weighted by Gasteiger charge is 2.39. The van der Waals surface area contributed by atoms with Crippen LogP contribution in [0, 0.1) is 17.8 Å². The van der Waals surface area contributed by atoms with Gasteiger partial charge in [0.05, 0.1) is 0 Å². The molecule has 1 aromatic rings. The van der Waals surface area contributed by atoms with Gasteiger partial charge in [-0.3, -0.25) is 4.98 Å². The number of aromatic amines is 1. The van der Waals surface area contributed by atoms with Gasteiger partial charge in [-0.1, -0.05) is 6.42 Å². The number of fused-ring (bicyclic) bond motifs is 2. The summed E-state index contributed by atoms with van der Waals surface area (Å²) in [4.78, 5) is 21.4. The summed E-state index contributed by atoms with van der Waals surface area (Å²) in [6.07, 6.45) is 6.25. The van der Waals surface area contributed by atoms with Crippen molar-refractivity contribution in [2.75, 3.05) is 5.73 Å².